The number of hydrogen-bond acceptors (Lipinski definition) is 5. The lowest BCUT2D eigenvalue weighted by Crippen LogP contribution is -2.36. The molecule has 0 amide bonds. The first-order valence-corrected chi connectivity index (χ1v) is 11.8. The van der Waals surface area contributed by atoms with Crippen LogP contribution < -0.4 is 10.9 Å². The number of halogens is 1. The monoisotopic (exact) mass is 464 g/mol. The maximum atomic E-state index is 13.1. The molecule has 0 atom stereocenters. The van der Waals surface area contributed by atoms with Gasteiger partial charge in [-0.25, -0.2) is 9.37 Å². The van der Waals surface area contributed by atoms with Crippen LogP contribution in [0.25, 0.3) is 5.70 Å². The molecule has 2 heterocycles. The van der Waals surface area contributed by atoms with Crippen LogP contribution in [0, 0.1) is 5.82 Å². The molecule has 2 aromatic carbocycles. The summed E-state index contributed by atoms with van der Waals surface area (Å²) in [5.74, 6) is -0.0450. The third-order valence-electron chi connectivity index (χ3n) is 5.69. The molecule has 4 rings (SSSR count). The first-order valence-electron chi connectivity index (χ1n) is 11.8. The normalized spacial score (nSPS) is 13.6. The molecule has 1 aliphatic rings. The standard InChI is InChI=1S/C25H27FN4O2.C2H6/c1-18(27-16-19-9-11-21(26)12-10-19)23-24(31)25(32)30-15-14-29(13-5-8-22(30)28-23)17-20-6-3-2-4-7-20;1-2/h2-4,6-7,9-12,27,31H,1,5,8,13-17H2;1-2H3. The second kappa shape index (κ2) is 12.1. The van der Waals surface area contributed by atoms with Crippen molar-refractivity contribution < 1.29 is 9.50 Å². The average molecular weight is 465 g/mol. The quantitative estimate of drug-likeness (QED) is 0.569. The fraction of sp³-hybridized carbons (Fsp3) is 0.333. The van der Waals surface area contributed by atoms with Gasteiger partial charge in [0.05, 0.1) is 5.70 Å². The average Bonchev–Trinajstić information content (AvgIpc) is 2.85. The van der Waals surface area contributed by atoms with E-state index >= 15 is 0 Å². The topological polar surface area (TPSA) is 70.4 Å². The zero-order valence-corrected chi connectivity index (χ0v) is 19.9. The van der Waals surface area contributed by atoms with Crippen molar-refractivity contribution in [3.63, 3.8) is 0 Å². The summed E-state index contributed by atoms with van der Waals surface area (Å²) in [6, 6.07) is 16.4. The van der Waals surface area contributed by atoms with Crippen molar-refractivity contribution in [2.75, 3.05) is 13.1 Å². The highest BCUT2D eigenvalue weighted by molar-refractivity contribution is 5.63. The van der Waals surface area contributed by atoms with Gasteiger partial charge in [0, 0.05) is 32.6 Å². The van der Waals surface area contributed by atoms with Crippen LogP contribution in [0.3, 0.4) is 0 Å². The highest BCUT2D eigenvalue weighted by Crippen LogP contribution is 2.19. The molecule has 6 nitrogen and oxygen atoms in total. The number of aromatic nitrogens is 2. The van der Waals surface area contributed by atoms with Gasteiger partial charge in [-0.3, -0.25) is 14.3 Å². The minimum Gasteiger partial charge on any atom is -0.501 e. The molecule has 7 heteroatoms. The first kappa shape index (κ1) is 25.2. The van der Waals surface area contributed by atoms with E-state index in [0.29, 0.717) is 37.6 Å². The van der Waals surface area contributed by atoms with Crippen molar-refractivity contribution in [2.24, 2.45) is 0 Å². The summed E-state index contributed by atoms with van der Waals surface area (Å²) < 4.78 is 14.7. The van der Waals surface area contributed by atoms with E-state index in [2.05, 4.69) is 33.9 Å². The summed E-state index contributed by atoms with van der Waals surface area (Å²) in [7, 11) is 0. The molecule has 34 heavy (non-hydrogen) atoms. The number of fused-ring (bicyclic) bond motifs is 1. The molecular formula is C27H33FN4O2. The molecule has 0 fully saturated rings. The Morgan fingerprint density at radius 3 is 2.47 bits per heavy atom. The van der Waals surface area contributed by atoms with E-state index in [9.17, 15) is 14.3 Å². The Morgan fingerprint density at radius 2 is 1.76 bits per heavy atom. The number of aryl methyl sites for hydroxylation is 1. The van der Waals surface area contributed by atoms with E-state index < -0.39 is 11.3 Å². The molecule has 1 aliphatic heterocycles. The summed E-state index contributed by atoms with van der Waals surface area (Å²) in [5.41, 5.74) is 2.18. The summed E-state index contributed by atoms with van der Waals surface area (Å²) in [6.07, 6.45) is 1.50. The second-order valence-corrected chi connectivity index (χ2v) is 8.01. The van der Waals surface area contributed by atoms with Crippen molar-refractivity contribution in [2.45, 2.75) is 46.3 Å². The van der Waals surface area contributed by atoms with Gasteiger partial charge in [0.15, 0.2) is 0 Å². The van der Waals surface area contributed by atoms with Crippen LogP contribution in [0.1, 0.15) is 42.9 Å². The molecule has 2 N–H and O–H groups in total. The number of hydrogen-bond donors (Lipinski definition) is 2. The molecule has 0 unspecified atom stereocenters. The van der Waals surface area contributed by atoms with E-state index in [1.54, 1.807) is 16.7 Å². The smallest absolute Gasteiger partial charge is 0.296 e. The van der Waals surface area contributed by atoms with Gasteiger partial charge in [-0.1, -0.05) is 62.9 Å². The highest BCUT2D eigenvalue weighted by atomic mass is 19.1. The Hall–Kier alpha value is -3.45. The van der Waals surface area contributed by atoms with Crippen molar-refractivity contribution in [3.8, 4) is 5.75 Å². The molecule has 0 bridgehead atoms. The Bertz CT molecular complexity index is 1140. The Labute approximate surface area is 200 Å². The SMILES string of the molecule is C=C(NCc1ccc(F)cc1)c1nc2n(c(=O)c1O)CCN(Cc1ccccc1)CCC2.CC. The minimum absolute atomic E-state index is 0.171. The molecule has 0 radical (unpaired) electrons. The van der Waals surface area contributed by atoms with Gasteiger partial charge in [0.25, 0.3) is 5.56 Å². The van der Waals surface area contributed by atoms with Crippen LogP contribution in [0.15, 0.2) is 66.0 Å². The molecule has 0 saturated heterocycles. The number of rotatable bonds is 6. The summed E-state index contributed by atoms with van der Waals surface area (Å²) >= 11 is 0. The van der Waals surface area contributed by atoms with Crippen LogP contribution in [-0.2, 0) is 26.1 Å². The Morgan fingerprint density at radius 1 is 1.06 bits per heavy atom. The van der Waals surface area contributed by atoms with Crippen LogP contribution in [0.4, 0.5) is 4.39 Å². The molecule has 180 valence electrons. The maximum Gasteiger partial charge on any atom is 0.296 e. The lowest BCUT2D eigenvalue weighted by molar-refractivity contribution is 0.236. The molecule has 0 saturated carbocycles. The Kier molecular flexibility index (Phi) is 8.99. The van der Waals surface area contributed by atoms with Crippen molar-refractivity contribution >= 4 is 5.70 Å². The maximum absolute atomic E-state index is 13.1. The van der Waals surface area contributed by atoms with E-state index in [-0.39, 0.29) is 11.5 Å². The molecule has 0 spiro atoms. The van der Waals surface area contributed by atoms with Gasteiger partial charge in [-0.05, 0) is 36.2 Å². The fourth-order valence-corrected chi connectivity index (χ4v) is 3.93. The summed E-state index contributed by atoms with van der Waals surface area (Å²) in [5, 5.41) is 13.6. The van der Waals surface area contributed by atoms with E-state index in [4.69, 9.17) is 0 Å². The van der Waals surface area contributed by atoms with Gasteiger partial charge in [0.2, 0.25) is 5.75 Å². The van der Waals surface area contributed by atoms with Crippen molar-refractivity contribution in [1.29, 1.82) is 0 Å². The highest BCUT2D eigenvalue weighted by Gasteiger charge is 2.20. The number of nitrogens with one attached hydrogen (secondary N) is 1. The third kappa shape index (κ3) is 6.32. The summed E-state index contributed by atoms with van der Waals surface area (Å²) in [4.78, 5) is 19.8. The Balaban J connectivity index is 0.00000158. The lowest BCUT2D eigenvalue weighted by Gasteiger charge is -2.26. The number of aromatic hydroxyl groups is 1. The predicted octanol–water partition coefficient (Wildman–Crippen LogP) is 4.32. The van der Waals surface area contributed by atoms with Gasteiger partial charge in [-0.2, -0.15) is 0 Å². The second-order valence-electron chi connectivity index (χ2n) is 8.01. The minimum atomic E-state index is -0.448. The van der Waals surface area contributed by atoms with Gasteiger partial charge < -0.3 is 10.4 Å². The van der Waals surface area contributed by atoms with Crippen LogP contribution in [0.5, 0.6) is 5.75 Å². The molecule has 0 aliphatic carbocycles. The zero-order valence-electron chi connectivity index (χ0n) is 19.9. The van der Waals surface area contributed by atoms with Crippen molar-refractivity contribution in [1.82, 2.24) is 19.8 Å². The van der Waals surface area contributed by atoms with Crippen LogP contribution in [0.2, 0.25) is 0 Å². The van der Waals surface area contributed by atoms with E-state index in [1.807, 2.05) is 32.0 Å². The van der Waals surface area contributed by atoms with Gasteiger partial charge in [0.1, 0.15) is 17.3 Å². The van der Waals surface area contributed by atoms with Gasteiger partial charge >= 0.3 is 0 Å². The third-order valence-corrected chi connectivity index (χ3v) is 5.69. The molecule has 3 aromatic rings. The summed E-state index contributed by atoms with van der Waals surface area (Å²) in [6.45, 7) is 11.2. The number of benzene rings is 2. The fourth-order valence-electron chi connectivity index (χ4n) is 3.93. The van der Waals surface area contributed by atoms with Crippen LogP contribution in [-0.4, -0.2) is 32.6 Å². The predicted molar refractivity (Wildman–Crippen MR) is 134 cm³/mol. The lowest BCUT2D eigenvalue weighted by atomic mass is 10.1. The largest absolute Gasteiger partial charge is 0.501 e. The molecule has 1 aromatic heterocycles. The zero-order chi connectivity index (χ0) is 24.5. The molecular weight excluding hydrogens is 431 g/mol. The van der Waals surface area contributed by atoms with E-state index in [1.165, 1.54) is 17.7 Å². The van der Waals surface area contributed by atoms with Gasteiger partial charge in [-0.15, -0.1) is 0 Å². The van der Waals surface area contributed by atoms with Crippen LogP contribution >= 0.6 is 0 Å². The van der Waals surface area contributed by atoms with E-state index in [0.717, 1.165) is 25.1 Å². The van der Waals surface area contributed by atoms with Crippen molar-refractivity contribution in [3.05, 3.63) is 100.0 Å². The first-order chi connectivity index (χ1) is 16.5. The number of nitrogens with zero attached hydrogens (tertiary/aromatic N) is 3.